The summed E-state index contributed by atoms with van der Waals surface area (Å²) in [6.07, 6.45) is 0.0203. The first-order valence-corrected chi connectivity index (χ1v) is 9.27. The molecular formula is C20H20N4O6. The molecule has 2 aromatic rings. The zero-order valence-electron chi connectivity index (χ0n) is 16.2. The van der Waals surface area contributed by atoms with Gasteiger partial charge in [-0.05, 0) is 43.3 Å². The third-order valence-electron chi connectivity index (χ3n) is 4.59. The van der Waals surface area contributed by atoms with Crippen molar-refractivity contribution in [2.75, 3.05) is 18.1 Å². The first-order chi connectivity index (χ1) is 14.4. The normalized spacial score (nSPS) is 15.6. The van der Waals surface area contributed by atoms with Crippen molar-refractivity contribution in [3.8, 4) is 5.75 Å². The molecule has 1 saturated heterocycles. The van der Waals surface area contributed by atoms with Gasteiger partial charge in [0.1, 0.15) is 5.75 Å². The molecule has 0 saturated carbocycles. The van der Waals surface area contributed by atoms with Crippen LogP contribution in [0, 0.1) is 16.0 Å². The highest BCUT2D eigenvalue weighted by Gasteiger charge is 2.35. The van der Waals surface area contributed by atoms with Crippen molar-refractivity contribution in [2.24, 2.45) is 5.92 Å². The third-order valence-corrected chi connectivity index (χ3v) is 4.59. The molecule has 10 nitrogen and oxygen atoms in total. The van der Waals surface area contributed by atoms with Crippen LogP contribution in [0.4, 0.5) is 11.4 Å². The van der Waals surface area contributed by atoms with E-state index in [1.807, 2.05) is 6.92 Å². The van der Waals surface area contributed by atoms with Gasteiger partial charge in [0.25, 0.3) is 11.6 Å². The minimum atomic E-state index is -0.624. The molecule has 156 valence electrons. The summed E-state index contributed by atoms with van der Waals surface area (Å²) in [4.78, 5) is 48.4. The van der Waals surface area contributed by atoms with E-state index in [4.69, 9.17) is 4.74 Å². The maximum Gasteiger partial charge on any atom is 0.269 e. The summed E-state index contributed by atoms with van der Waals surface area (Å²) in [7, 11) is 0. The van der Waals surface area contributed by atoms with Crippen LogP contribution in [-0.4, -0.2) is 35.8 Å². The number of nitro groups is 1. The number of hydrazine groups is 1. The Morgan fingerprint density at radius 1 is 1.13 bits per heavy atom. The van der Waals surface area contributed by atoms with E-state index in [2.05, 4.69) is 10.9 Å². The number of benzene rings is 2. The molecule has 1 aliphatic heterocycles. The third kappa shape index (κ3) is 4.72. The van der Waals surface area contributed by atoms with E-state index in [1.165, 1.54) is 29.2 Å². The van der Waals surface area contributed by atoms with Crippen LogP contribution >= 0.6 is 0 Å². The predicted molar refractivity (Wildman–Crippen MR) is 107 cm³/mol. The van der Waals surface area contributed by atoms with Crippen molar-refractivity contribution in [1.82, 2.24) is 10.9 Å². The number of nitro benzene ring substituents is 1. The number of nitrogens with one attached hydrogen (secondary N) is 2. The molecule has 30 heavy (non-hydrogen) atoms. The zero-order valence-corrected chi connectivity index (χ0v) is 16.2. The Morgan fingerprint density at radius 2 is 1.80 bits per heavy atom. The Balaban J connectivity index is 1.55. The summed E-state index contributed by atoms with van der Waals surface area (Å²) in [6.45, 7) is 2.60. The highest BCUT2D eigenvalue weighted by atomic mass is 16.6. The maximum atomic E-state index is 12.4. The molecule has 0 aromatic heterocycles. The van der Waals surface area contributed by atoms with Gasteiger partial charge in [0, 0.05) is 36.3 Å². The number of carbonyl (C=O) groups is 3. The molecular weight excluding hydrogens is 392 g/mol. The summed E-state index contributed by atoms with van der Waals surface area (Å²) in [5, 5.41) is 10.7. The first kappa shape index (κ1) is 20.8. The Bertz CT molecular complexity index is 958. The van der Waals surface area contributed by atoms with Crippen LogP contribution in [0.5, 0.6) is 5.75 Å². The molecule has 0 bridgehead atoms. The predicted octanol–water partition coefficient (Wildman–Crippen LogP) is 1.81. The molecule has 10 heteroatoms. The molecule has 2 N–H and O–H groups in total. The fourth-order valence-electron chi connectivity index (χ4n) is 3.05. The summed E-state index contributed by atoms with van der Waals surface area (Å²) in [5.41, 5.74) is 5.24. The van der Waals surface area contributed by atoms with Gasteiger partial charge in [-0.25, -0.2) is 0 Å². The van der Waals surface area contributed by atoms with Crippen molar-refractivity contribution in [2.45, 2.75) is 13.3 Å². The van der Waals surface area contributed by atoms with Crippen molar-refractivity contribution in [3.05, 3.63) is 64.2 Å². The smallest absolute Gasteiger partial charge is 0.269 e. The van der Waals surface area contributed by atoms with Gasteiger partial charge >= 0.3 is 0 Å². The zero-order chi connectivity index (χ0) is 21.7. The van der Waals surface area contributed by atoms with Crippen molar-refractivity contribution in [1.29, 1.82) is 0 Å². The second-order valence-corrected chi connectivity index (χ2v) is 6.58. The first-order valence-electron chi connectivity index (χ1n) is 9.27. The average molecular weight is 412 g/mol. The van der Waals surface area contributed by atoms with Crippen LogP contribution < -0.4 is 20.5 Å². The van der Waals surface area contributed by atoms with Crippen LogP contribution in [-0.2, 0) is 9.59 Å². The minimum absolute atomic E-state index is 0.0203. The molecule has 0 spiro atoms. The molecule has 0 aliphatic carbocycles. The maximum absolute atomic E-state index is 12.4. The fourth-order valence-corrected chi connectivity index (χ4v) is 3.05. The lowest BCUT2D eigenvalue weighted by Crippen LogP contribution is -2.45. The second kappa shape index (κ2) is 9.03. The van der Waals surface area contributed by atoms with Gasteiger partial charge in [-0.2, -0.15) is 0 Å². The highest BCUT2D eigenvalue weighted by molar-refractivity contribution is 6.01. The number of rotatable bonds is 6. The quantitative estimate of drug-likeness (QED) is 0.550. The van der Waals surface area contributed by atoms with Gasteiger partial charge in [-0.3, -0.25) is 35.3 Å². The highest BCUT2D eigenvalue weighted by Crippen LogP contribution is 2.27. The summed E-state index contributed by atoms with van der Waals surface area (Å²) in [5.74, 6) is -1.24. The van der Waals surface area contributed by atoms with Crippen LogP contribution in [0.25, 0.3) is 0 Å². The van der Waals surface area contributed by atoms with E-state index < -0.39 is 22.7 Å². The molecule has 1 aliphatic rings. The molecule has 0 unspecified atom stereocenters. The van der Waals surface area contributed by atoms with Crippen LogP contribution in [0.1, 0.15) is 23.7 Å². The number of hydrogen-bond donors (Lipinski definition) is 2. The number of ether oxygens (including phenoxy) is 1. The lowest BCUT2D eigenvalue weighted by Gasteiger charge is -2.17. The van der Waals surface area contributed by atoms with Crippen LogP contribution in [0.2, 0.25) is 0 Å². The second-order valence-electron chi connectivity index (χ2n) is 6.58. The molecule has 3 rings (SSSR count). The molecule has 1 atom stereocenters. The minimum Gasteiger partial charge on any atom is -0.494 e. The van der Waals surface area contributed by atoms with Crippen molar-refractivity contribution in [3.63, 3.8) is 0 Å². The van der Waals surface area contributed by atoms with Gasteiger partial charge in [0.15, 0.2) is 0 Å². The summed E-state index contributed by atoms with van der Waals surface area (Å²) < 4.78 is 5.38. The summed E-state index contributed by atoms with van der Waals surface area (Å²) in [6, 6.07) is 12.0. The number of amides is 3. The number of hydrogen-bond acceptors (Lipinski definition) is 6. The Hall–Kier alpha value is -3.95. The van der Waals surface area contributed by atoms with E-state index in [0.29, 0.717) is 18.0 Å². The Labute approximate surface area is 171 Å². The molecule has 1 fully saturated rings. The number of non-ortho nitro benzene ring substituents is 1. The van der Waals surface area contributed by atoms with E-state index in [9.17, 15) is 24.5 Å². The largest absolute Gasteiger partial charge is 0.494 e. The molecule has 3 amide bonds. The van der Waals surface area contributed by atoms with Crippen LogP contribution in [0.15, 0.2) is 48.5 Å². The molecule has 2 aromatic carbocycles. The van der Waals surface area contributed by atoms with Crippen molar-refractivity contribution >= 4 is 29.1 Å². The standard InChI is InChI=1S/C20H20N4O6/c1-2-30-17-9-7-15(8-10-17)23-12-14(11-18(23)25)20(27)22-21-19(26)13-3-5-16(6-4-13)24(28)29/h3-10,14H,2,11-12H2,1H3,(H,21,26)(H,22,27)/t14-/m0/s1. The van der Waals surface area contributed by atoms with E-state index in [0.717, 1.165) is 0 Å². The number of anilines is 1. The van der Waals surface area contributed by atoms with Crippen molar-refractivity contribution < 1.29 is 24.0 Å². The number of carbonyl (C=O) groups excluding carboxylic acids is 3. The molecule has 1 heterocycles. The Morgan fingerprint density at radius 3 is 2.40 bits per heavy atom. The fraction of sp³-hybridized carbons (Fsp3) is 0.250. The van der Waals surface area contributed by atoms with Gasteiger partial charge < -0.3 is 9.64 Å². The monoisotopic (exact) mass is 412 g/mol. The molecule has 0 radical (unpaired) electrons. The van der Waals surface area contributed by atoms with Gasteiger partial charge in [-0.1, -0.05) is 0 Å². The Kier molecular flexibility index (Phi) is 6.26. The topological polar surface area (TPSA) is 131 Å². The van der Waals surface area contributed by atoms with Gasteiger partial charge in [-0.15, -0.1) is 0 Å². The van der Waals surface area contributed by atoms with Gasteiger partial charge in [0.05, 0.1) is 17.4 Å². The van der Waals surface area contributed by atoms with E-state index in [1.54, 1.807) is 24.3 Å². The van der Waals surface area contributed by atoms with Crippen LogP contribution in [0.3, 0.4) is 0 Å². The SMILES string of the molecule is CCOc1ccc(N2C[C@@H](C(=O)NNC(=O)c3ccc([N+](=O)[O-])cc3)CC2=O)cc1. The average Bonchev–Trinajstić information content (AvgIpc) is 3.14. The number of nitrogens with zero attached hydrogens (tertiary/aromatic N) is 2. The lowest BCUT2D eigenvalue weighted by atomic mass is 10.1. The van der Waals surface area contributed by atoms with Gasteiger partial charge in [0.2, 0.25) is 11.8 Å². The lowest BCUT2D eigenvalue weighted by molar-refractivity contribution is -0.384. The summed E-state index contributed by atoms with van der Waals surface area (Å²) >= 11 is 0. The van der Waals surface area contributed by atoms with E-state index >= 15 is 0 Å². The van der Waals surface area contributed by atoms with E-state index in [-0.39, 0.29) is 30.1 Å².